The number of benzene rings is 2. The maximum Gasteiger partial charge on any atom is 0.416 e. The van der Waals surface area contributed by atoms with Gasteiger partial charge in [0.05, 0.1) is 27.0 Å². The van der Waals surface area contributed by atoms with E-state index >= 15 is 0 Å². The van der Waals surface area contributed by atoms with Gasteiger partial charge in [0.15, 0.2) is 11.5 Å². The zero-order chi connectivity index (χ0) is 29.0. The third-order valence-corrected chi connectivity index (χ3v) is 8.59. The molecule has 0 radical (unpaired) electrons. The van der Waals surface area contributed by atoms with Gasteiger partial charge in [-0.05, 0) is 57.4 Å². The molecular weight excluding hydrogens is 555 g/mol. The molecular formula is C29H30F3N5O3S. The summed E-state index contributed by atoms with van der Waals surface area (Å²) in [5, 5.41) is 17.2. The van der Waals surface area contributed by atoms with Crippen molar-refractivity contribution < 1.29 is 27.8 Å². The minimum absolute atomic E-state index is 0.0491. The van der Waals surface area contributed by atoms with Gasteiger partial charge < -0.3 is 25.2 Å². The zero-order valence-corrected chi connectivity index (χ0v) is 23.6. The van der Waals surface area contributed by atoms with E-state index in [1.54, 1.807) is 6.07 Å². The number of aryl methyl sites for hydroxylation is 1. The minimum Gasteiger partial charge on any atom is -0.396 e. The third-order valence-electron chi connectivity index (χ3n) is 7.53. The summed E-state index contributed by atoms with van der Waals surface area (Å²) >= 11 is 1.50. The first-order valence-corrected chi connectivity index (χ1v) is 14.2. The molecule has 4 aromatic rings. The number of anilines is 2. The SMILES string of the molecule is Cc1nc(NCc2ccccc2C(F)(F)F)nc(NC23CCC(CO)C2OC(C)(C)O3)c1-c1nc2ccccc2s1. The first-order chi connectivity index (χ1) is 19.5. The van der Waals surface area contributed by atoms with Crippen molar-refractivity contribution in [1.82, 2.24) is 15.0 Å². The Bertz CT molecular complexity index is 1560. The number of para-hydroxylation sites is 1. The first kappa shape index (κ1) is 27.8. The summed E-state index contributed by atoms with van der Waals surface area (Å²) in [7, 11) is 0. The van der Waals surface area contributed by atoms with Gasteiger partial charge in [0.2, 0.25) is 5.95 Å². The normalized spacial score (nSPS) is 23.6. The fourth-order valence-corrected chi connectivity index (χ4v) is 6.86. The molecule has 0 spiro atoms. The highest BCUT2D eigenvalue weighted by molar-refractivity contribution is 7.21. The Morgan fingerprint density at radius 2 is 1.83 bits per heavy atom. The van der Waals surface area contributed by atoms with Gasteiger partial charge in [-0.2, -0.15) is 18.2 Å². The average Bonchev–Trinajstić information content (AvgIpc) is 3.55. The Balaban J connectivity index is 1.41. The number of rotatable bonds is 7. The van der Waals surface area contributed by atoms with Gasteiger partial charge in [0.25, 0.3) is 0 Å². The predicted molar refractivity (Wildman–Crippen MR) is 150 cm³/mol. The van der Waals surface area contributed by atoms with E-state index in [2.05, 4.69) is 15.6 Å². The number of alkyl halides is 3. The standard InChI is InChI=1S/C29H30F3N5O3S/c1-16-22(25-35-20-10-6-7-11-21(20)41-25)24(37-28-13-12-18(15-38)23(28)39-27(2,3)40-28)36-26(34-16)33-14-17-8-4-5-9-19(17)29(30,31)32/h4-11,18,23,38H,12-15H2,1-3H3,(H2,33,34,36,37). The van der Waals surface area contributed by atoms with E-state index in [0.29, 0.717) is 34.9 Å². The number of thiazole rings is 1. The Labute approximate surface area is 239 Å². The van der Waals surface area contributed by atoms with E-state index in [1.165, 1.54) is 23.5 Å². The van der Waals surface area contributed by atoms with Crippen LogP contribution < -0.4 is 10.6 Å². The second kappa shape index (κ2) is 10.2. The van der Waals surface area contributed by atoms with Crippen LogP contribution in [0.4, 0.5) is 24.9 Å². The van der Waals surface area contributed by atoms with Crippen LogP contribution in [0, 0.1) is 12.8 Å². The van der Waals surface area contributed by atoms with Crippen molar-refractivity contribution in [2.45, 2.75) is 63.9 Å². The number of nitrogens with zero attached hydrogens (tertiary/aromatic N) is 3. The van der Waals surface area contributed by atoms with Crippen LogP contribution in [0.25, 0.3) is 20.8 Å². The summed E-state index contributed by atoms with van der Waals surface area (Å²) in [4.78, 5) is 14.2. The summed E-state index contributed by atoms with van der Waals surface area (Å²) in [6.07, 6.45) is -3.66. The maximum atomic E-state index is 13.6. The number of nitrogens with one attached hydrogen (secondary N) is 2. The third kappa shape index (κ3) is 5.25. The molecule has 8 nitrogen and oxygen atoms in total. The van der Waals surface area contributed by atoms with Crippen LogP contribution in [0.3, 0.4) is 0 Å². The largest absolute Gasteiger partial charge is 0.416 e. The molecule has 2 fully saturated rings. The van der Waals surface area contributed by atoms with Crippen molar-refractivity contribution in [3.8, 4) is 10.6 Å². The summed E-state index contributed by atoms with van der Waals surface area (Å²) in [6, 6.07) is 13.2. The molecule has 2 aromatic carbocycles. The number of aliphatic hydroxyl groups excluding tert-OH is 1. The van der Waals surface area contributed by atoms with E-state index < -0.39 is 29.4 Å². The van der Waals surface area contributed by atoms with E-state index in [4.69, 9.17) is 19.4 Å². The number of ether oxygens (including phenoxy) is 2. The van der Waals surface area contributed by atoms with Gasteiger partial charge in [-0.15, -0.1) is 11.3 Å². The smallest absolute Gasteiger partial charge is 0.396 e. The van der Waals surface area contributed by atoms with Crippen LogP contribution in [0.1, 0.15) is 43.5 Å². The Kier molecular flexibility index (Phi) is 6.92. The van der Waals surface area contributed by atoms with E-state index in [9.17, 15) is 18.3 Å². The molecule has 2 aliphatic rings. The first-order valence-electron chi connectivity index (χ1n) is 13.4. The molecule has 1 aliphatic heterocycles. The molecule has 0 amide bonds. The molecule has 3 N–H and O–H groups in total. The molecule has 12 heteroatoms. The fourth-order valence-electron chi connectivity index (χ4n) is 5.79. The summed E-state index contributed by atoms with van der Waals surface area (Å²) in [5.41, 5.74) is 0.499. The van der Waals surface area contributed by atoms with Crippen molar-refractivity contribution in [2.24, 2.45) is 5.92 Å². The number of aliphatic hydroxyl groups is 1. The zero-order valence-electron chi connectivity index (χ0n) is 22.7. The minimum atomic E-state index is -4.48. The molecule has 1 aliphatic carbocycles. The van der Waals surface area contributed by atoms with E-state index in [-0.39, 0.29) is 30.6 Å². The Morgan fingerprint density at radius 3 is 2.59 bits per heavy atom. The predicted octanol–water partition coefficient (Wildman–Crippen LogP) is 6.35. The van der Waals surface area contributed by atoms with Crippen molar-refractivity contribution in [1.29, 1.82) is 0 Å². The summed E-state index contributed by atoms with van der Waals surface area (Å²) in [5.74, 6) is -0.441. The number of hydrogen-bond donors (Lipinski definition) is 3. The van der Waals surface area contributed by atoms with Crippen LogP contribution in [-0.4, -0.2) is 44.3 Å². The van der Waals surface area contributed by atoms with Gasteiger partial charge in [0.1, 0.15) is 16.9 Å². The molecule has 6 rings (SSSR count). The Hall–Kier alpha value is -3.32. The lowest BCUT2D eigenvalue weighted by molar-refractivity contribution is -0.168. The number of hydrogen-bond acceptors (Lipinski definition) is 9. The van der Waals surface area contributed by atoms with Crippen LogP contribution in [0.15, 0.2) is 48.5 Å². The highest BCUT2D eigenvalue weighted by atomic mass is 32.1. The van der Waals surface area contributed by atoms with Gasteiger partial charge in [-0.25, -0.2) is 9.97 Å². The molecule has 41 heavy (non-hydrogen) atoms. The summed E-state index contributed by atoms with van der Waals surface area (Å²) in [6.45, 7) is 5.30. The van der Waals surface area contributed by atoms with Crippen molar-refractivity contribution in [2.75, 3.05) is 17.2 Å². The number of halogens is 3. The molecule has 1 saturated carbocycles. The lowest BCUT2D eigenvalue weighted by atomic mass is 10.0. The molecule has 2 aromatic heterocycles. The molecule has 3 heterocycles. The lowest BCUT2D eigenvalue weighted by Crippen LogP contribution is -2.46. The molecule has 3 atom stereocenters. The van der Waals surface area contributed by atoms with Gasteiger partial charge in [-0.1, -0.05) is 30.3 Å². The topological polar surface area (TPSA) is 101 Å². The van der Waals surface area contributed by atoms with E-state index in [0.717, 1.165) is 16.3 Å². The highest BCUT2D eigenvalue weighted by Crippen LogP contribution is 2.50. The second-order valence-corrected chi connectivity index (χ2v) is 11.9. The summed E-state index contributed by atoms with van der Waals surface area (Å²) < 4.78 is 54.4. The molecule has 216 valence electrons. The quantitative estimate of drug-likeness (QED) is 0.231. The van der Waals surface area contributed by atoms with Crippen LogP contribution >= 0.6 is 11.3 Å². The second-order valence-electron chi connectivity index (χ2n) is 10.9. The fraction of sp³-hybridized carbons (Fsp3) is 0.414. The highest BCUT2D eigenvalue weighted by Gasteiger charge is 2.60. The van der Waals surface area contributed by atoms with E-state index in [1.807, 2.05) is 45.0 Å². The number of aromatic nitrogens is 3. The van der Waals surface area contributed by atoms with Crippen LogP contribution in [0.2, 0.25) is 0 Å². The molecule has 1 saturated heterocycles. The number of fused-ring (bicyclic) bond motifs is 2. The maximum absolute atomic E-state index is 13.6. The Morgan fingerprint density at radius 1 is 1.07 bits per heavy atom. The van der Waals surface area contributed by atoms with Crippen molar-refractivity contribution >= 4 is 33.3 Å². The van der Waals surface area contributed by atoms with Crippen molar-refractivity contribution in [3.05, 3.63) is 65.4 Å². The monoisotopic (exact) mass is 585 g/mol. The molecule has 0 bridgehead atoms. The lowest BCUT2D eigenvalue weighted by Gasteiger charge is -2.31. The van der Waals surface area contributed by atoms with Gasteiger partial charge in [-0.3, -0.25) is 0 Å². The van der Waals surface area contributed by atoms with Gasteiger partial charge in [0, 0.05) is 19.1 Å². The average molecular weight is 586 g/mol. The van der Waals surface area contributed by atoms with Gasteiger partial charge >= 0.3 is 6.18 Å². The molecule has 3 unspecified atom stereocenters. The van der Waals surface area contributed by atoms with Crippen molar-refractivity contribution in [3.63, 3.8) is 0 Å². The van der Waals surface area contributed by atoms with Crippen LogP contribution in [0.5, 0.6) is 0 Å². The van der Waals surface area contributed by atoms with Crippen LogP contribution in [-0.2, 0) is 22.2 Å².